The lowest BCUT2D eigenvalue weighted by molar-refractivity contribution is -0.136. The third-order valence-corrected chi connectivity index (χ3v) is 3.29. The molecule has 0 radical (unpaired) electrons. The molecule has 2 heterocycles. The van der Waals surface area contributed by atoms with E-state index in [0.29, 0.717) is 5.92 Å². The Kier molecular flexibility index (Phi) is 2.18. The molecule has 1 aliphatic rings. The molecule has 0 aromatic carbocycles. The van der Waals surface area contributed by atoms with Crippen molar-refractivity contribution in [1.29, 1.82) is 0 Å². The first-order valence-corrected chi connectivity index (χ1v) is 5.84. The molecule has 4 nitrogen and oxygen atoms in total. The maximum absolute atomic E-state index is 10.7. The van der Waals surface area contributed by atoms with Gasteiger partial charge in [-0.2, -0.15) is 0 Å². The summed E-state index contributed by atoms with van der Waals surface area (Å²) in [6.45, 7) is 2.07. The Bertz CT molecular complexity index is 597. The molecule has 88 valence electrons. The molecule has 2 aromatic heterocycles. The van der Waals surface area contributed by atoms with E-state index in [1.54, 1.807) is 0 Å². The molecular weight excluding hydrogens is 216 g/mol. The summed E-state index contributed by atoms with van der Waals surface area (Å²) >= 11 is 0. The second kappa shape index (κ2) is 3.58. The first kappa shape index (κ1) is 10.3. The molecule has 0 atom stereocenters. The fourth-order valence-electron chi connectivity index (χ4n) is 2.26. The largest absolute Gasteiger partial charge is 0.481 e. The Hall–Kier alpha value is -1.84. The van der Waals surface area contributed by atoms with E-state index >= 15 is 0 Å². The average Bonchev–Trinajstić information content (AvgIpc) is 3.04. The molecule has 3 rings (SSSR count). The summed E-state index contributed by atoms with van der Waals surface area (Å²) in [7, 11) is 0. The summed E-state index contributed by atoms with van der Waals surface area (Å²) in [4.78, 5) is 15.3. The van der Waals surface area contributed by atoms with Crippen molar-refractivity contribution in [3.8, 4) is 0 Å². The standard InChI is InChI=1S/C13H14N2O2/c1-8-13(10-2-3-10)14-11-6-9(7-12(16)17)4-5-15(8)11/h4-6,10H,2-3,7H2,1H3,(H,16,17). The molecule has 17 heavy (non-hydrogen) atoms. The van der Waals surface area contributed by atoms with Gasteiger partial charge in [0.05, 0.1) is 12.1 Å². The topological polar surface area (TPSA) is 54.6 Å². The molecule has 0 amide bonds. The Morgan fingerprint density at radius 2 is 2.35 bits per heavy atom. The van der Waals surface area contributed by atoms with Crippen LogP contribution in [0.15, 0.2) is 18.3 Å². The average molecular weight is 230 g/mol. The van der Waals surface area contributed by atoms with Gasteiger partial charge in [-0.05, 0) is 37.5 Å². The highest BCUT2D eigenvalue weighted by atomic mass is 16.4. The predicted molar refractivity (Wildman–Crippen MR) is 63.2 cm³/mol. The second-order valence-corrected chi connectivity index (χ2v) is 4.69. The fraction of sp³-hybridized carbons (Fsp3) is 0.385. The number of pyridine rings is 1. The molecule has 1 N–H and O–H groups in total. The summed E-state index contributed by atoms with van der Waals surface area (Å²) in [5.41, 5.74) is 4.03. The van der Waals surface area contributed by atoms with E-state index in [1.807, 2.05) is 22.7 Å². The van der Waals surface area contributed by atoms with Gasteiger partial charge in [-0.3, -0.25) is 4.79 Å². The molecule has 1 fully saturated rings. The summed E-state index contributed by atoms with van der Waals surface area (Å²) < 4.78 is 2.04. The van der Waals surface area contributed by atoms with Crippen LogP contribution in [0.1, 0.15) is 35.7 Å². The van der Waals surface area contributed by atoms with Crippen molar-refractivity contribution in [2.24, 2.45) is 0 Å². The molecule has 4 heteroatoms. The van der Waals surface area contributed by atoms with E-state index in [-0.39, 0.29) is 6.42 Å². The highest BCUT2D eigenvalue weighted by molar-refractivity contribution is 5.70. The number of hydrogen-bond donors (Lipinski definition) is 1. The van der Waals surface area contributed by atoms with E-state index in [2.05, 4.69) is 11.9 Å². The minimum atomic E-state index is -0.806. The van der Waals surface area contributed by atoms with Crippen molar-refractivity contribution in [2.75, 3.05) is 0 Å². The first-order chi connectivity index (χ1) is 8.15. The zero-order valence-electron chi connectivity index (χ0n) is 9.68. The first-order valence-electron chi connectivity index (χ1n) is 5.84. The number of aliphatic carboxylic acids is 1. The van der Waals surface area contributed by atoms with Crippen LogP contribution in [0, 0.1) is 6.92 Å². The van der Waals surface area contributed by atoms with Gasteiger partial charge >= 0.3 is 5.97 Å². The Morgan fingerprint density at radius 1 is 1.59 bits per heavy atom. The molecule has 0 bridgehead atoms. The van der Waals surface area contributed by atoms with Gasteiger partial charge in [0.2, 0.25) is 0 Å². The molecule has 1 saturated carbocycles. The Morgan fingerprint density at radius 3 is 3.00 bits per heavy atom. The lowest BCUT2D eigenvalue weighted by Crippen LogP contribution is -2.00. The molecular formula is C13H14N2O2. The van der Waals surface area contributed by atoms with Gasteiger partial charge in [-0.25, -0.2) is 4.98 Å². The number of carbonyl (C=O) groups is 1. The van der Waals surface area contributed by atoms with Crippen molar-refractivity contribution >= 4 is 11.6 Å². The number of aromatic nitrogens is 2. The van der Waals surface area contributed by atoms with Crippen molar-refractivity contribution in [1.82, 2.24) is 9.38 Å². The number of fused-ring (bicyclic) bond motifs is 1. The minimum Gasteiger partial charge on any atom is -0.481 e. The van der Waals surface area contributed by atoms with Crippen LogP contribution in [0.3, 0.4) is 0 Å². The van der Waals surface area contributed by atoms with Crippen LogP contribution in [0.4, 0.5) is 0 Å². The van der Waals surface area contributed by atoms with Crippen LogP contribution in [0.2, 0.25) is 0 Å². The van der Waals surface area contributed by atoms with Crippen LogP contribution >= 0.6 is 0 Å². The van der Waals surface area contributed by atoms with Crippen LogP contribution < -0.4 is 0 Å². The Labute approximate surface area is 98.9 Å². The van der Waals surface area contributed by atoms with Gasteiger partial charge in [0.1, 0.15) is 5.65 Å². The molecule has 0 saturated heterocycles. The molecule has 2 aromatic rings. The Balaban J connectivity index is 2.07. The molecule has 0 unspecified atom stereocenters. The van der Waals surface area contributed by atoms with Gasteiger partial charge in [-0.1, -0.05) is 0 Å². The number of carboxylic acid groups (broad SMARTS) is 1. The number of carboxylic acids is 1. The molecule has 1 aliphatic carbocycles. The number of aryl methyl sites for hydroxylation is 1. The third-order valence-electron chi connectivity index (χ3n) is 3.29. The number of hydrogen-bond acceptors (Lipinski definition) is 2. The smallest absolute Gasteiger partial charge is 0.307 e. The van der Waals surface area contributed by atoms with Gasteiger partial charge in [0.25, 0.3) is 0 Å². The van der Waals surface area contributed by atoms with E-state index in [0.717, 1.165) is 11.2 Å². The van der Waals surface area contributed by atoms with Gasteiger partial charge < -0.3 is 9.51 Å². The van der Waals surface area contributed by atoms with Crippen molar-refractivity contribution in [3.05, 3.63) is 35.3 Å². The lowest BCUT2D eigenvalue weighted by Gasteiger charge is -1.99. The lowest BCUT2D eigenvalue weighted by atomic mass is 10.2. The van der Waals surface area contributed by atoms with E-state index in [1.165, 1.54) is 24.2 Å². The maximum Gasteiger partial charge on any atom is 0.307 e. The normalized spacial score (nSPS) is 15.4. The number of imidazole rings is 1. The van der Waals surface area contributed by atoms with Gasteiger partial charge in [0, 0.05) is 17.8 Å². The van der Waals surface area contributed by atoms with Gasteiger partial charge in [0.15, 0.2) is 0 Å². The molecule has 0 spiro atoms. The van der Waals surface area contributed by atoms with Crippen LogP contribution in [-0.4, -0.2) is 20.5 Å². The van der Waals surface area contributed by atoms with Crippen LogP contribution in [0.25, 0.3) is 5.65 Å². The quantitative estimate of drug-likeness (QED) is 0.879. The maximum atomic E-state index is 10.7. The number of nitrogens with zero attached hydrogens (tertiary/aromatic N) is 2. The highest BCUT2D eigenvalue weighted by Crippen LogP contribution is 2.41. The van der Waals surface area contributed by atoms with E-state index in [4.69, 9.17) is 5.11 Å². The van der Waals surface area contributed by atoms with Crippen molar-refractivity contribution in [2.45, 2.75) is 32.1 Å². The van der Waals surface area contributed by atoms with E-state index < -0.39 is 5.97 Å². The van der Waals surface area contributed by atoms with Gasteiger partial charge in [-0.15, -0.1) is 0 Å². The fourth-order valence-corrected chi connectivity index (χ4v) is 2.26. The summed E-state index contributed by atoms with van der Waals surface area (Å²) in [5.74, 6) is -0.183. The van der Waals surface area contributed by atoms with Crippen LogP contribution in [-0.2, 0) is 11.2 Å². The summed E-state index contributed by atoms with van der Waals surface area (Å²) in [5, 5.41) is 8.77. The zero-order chi connectivity index (χ0) is 12.0. The second-order valence-electron chi connectivity index (χ2n) is 4.69. The predicted octanol–water partition coefficient (Wildman–Crippen LogP) is 2.15. The SMILES string of the molecule is Cc1c(C2CC2)nc2cc(CC(=O)O)ccn12. The minimum absolute atomic E-state index is 0.0567. The summed E-state index contributed by atoms with van der Waals surface area (Å²) in [6.07, 6.45) is 4.43. The number of rotatable bonds is 3. The van der Waals surface area contributed by atoms with Crippen molar-refractivity contribution in [3.63, 3.8) is 0 Å². The van der Waals surface area contributed by atoms with Crippen LogP contribution in [0.5, 0.6) is 0 Å². The summed E-state index contributed by atoms with van der Waals surface area (Å²) in [6, 6.07) is 3.72. The third kappa shape index (κ3) is 1.79. The van der Waals surface area contributed by atoms with Crippen molar-refractivity contribution < 1.29 is 9.90 Å². The zero-order valence-corrected chi connectivity index (χ0v) is 9.68. The van der Waals surface area contributed by atoms with E-state index in [9.17, 15) is 4.79 Å². The monoisotopic (exact) mass is 230 g/mol. The molecule has 0 aliphatic heterocycles. The highest BCUT2D eigenvalue weighted by Gasteiger charge is 2.28.